The van der Waals surface area contributed by atoms with Crippen LogP contribution in [0.5, 0.6) is 0 Å². The molecule has 7 N–H and O–H groups in total. The number of hydrogen-bond acceptors (Lipinski definition) is 5. The van der Waals surface area contributed by atoms with Gasteiger partial charge in [0, 0.05) is 32.2 Å². The molecule has 1 saturated heterocycles. The Kier molecular flexibility index (Phi) is 12.2. The average molecular weight is 544 g/mol. The molecule has 0 aromatic heterocycles. The third-order valence-electron chi connectivity index (χ3n) is 7.29. The van der Waals surface area contributed by atoms with Gasteiger partial charge < -0.3 is 36.6 Å². The van der Waals surface area contributed by atoms with E-state index in [9.17, 15) is 24.3 Å². The fourth-order valence-corrected chi connectivity index (χ4v) is 5.12. The van der Waals surface area contributed by atoms with Crippen molar-refractivity contribution in [1.82, 2.24) is 25.8 Å². The van der Waals surface area contributed by atoms with Gasteiger partial charge in [0.2, 0.25) is 11.8 Å². The molecular formula is C24H42ClN7O5. The molecule has 0 spiro atoms. The molecule has 13 heteroatoms. The summed E-state index contributed by atoms with van der Waals surface area (Å²) in [7, 11) is 0. The number of carbonyl (C=O) groups is 4. The van der Waals surface area contributed by atoms with E-state index in [0.717, 1.165) is 45.1 Å². The van der Waals surface area contributed by atoms with E-state index < -0.39 is 36.4 Å². The third-order valence-corrected chi connectivity index (χ3v) is 7.29. The molecule has 0 unspecified atom stereocenters. The van der Waals surface area contributed by atoms with Crippen LogP contribution in [0.25, 0.3) is 0 Å². The maximum atomic E-state index is 13.3. The molecule has 12 nitrogen and oxygen atoms in total. The Morgan fingerprint density at radius 3 is 2.24 bits per heavy atom. The van der Waals surface area contributed by atoms with Crippen molar-refractivity contribution < 1.29 is 24.3 Å². The van der Waals surface area contributed by atoms with Gasteiger partial charge in [-0.2, -0.15) is 0 Å². The van der Waals surface area contributed by atoms with Crippen LogP contribution in [0.4, 0.5) is 4.79 Å². The average Bonchev–Trinajstić information content (AvgIpc) is 3.70. The van der Waals surface area contributed by atoms with E-state index in [1.165, 1.54) is 11.3 Å². The predicted molar refractivity (Wildman–Crippen MR) is 140 cm³/mol. The van der Waals surface area contributed by atoms with E-state index in [1.54, 1.807) is 4.90 Å². The number of carboxylic acids is 1. The molecule has 0 bridgehead atoms. The molecular weight excluding hydrogens is 502 g/mol. The van der Waals surface area contributed by atoms with Gasteiger partial charge in [-0.15, -0.1) is 12.4 Å². The van der Waals surface area contributed by atoms with Crippen LogP contribution < -0.4 is 21.7 Å². The lowest BCUT2D eigenvalue weighted by Gasteiger charge is -2.33. The van der Waals surface area contributed by atoms with Gasteiger partial charge in [0.25, 0.3) is 0 Å². The number of carbonyl (C=O) groups excluding carboxylic acids is 3. The highest BCUT2D eigenvalue weighted by Crippen LogP contribution is 2.27. The molecule has 1 heterocycles. The lowest BCUT2D eigenvalue weighted by atomic mass is 9.89. The van der Waals surface area contributed by atoms with Crippen molar-refractivity contribution in [3.05, 3.63) is 0 Å². The number of urea groups is 1. The zero-order valence-electron chi connectivity index (χ0n) is 21.4. The molecule has 2 aliphatic carbocycles. The largest absolute Gasteiger partial charge is 0.480 e. The van der Waals surface area contributed by atoms with Crippen LogP contribution in [-0.4, -0.2) is 89.5 Å². The maximum Gasteiger partial charge on any atom is 0.323 e. The van der Waals surface area contributed by atoms with Crippen LogP contribution in [0, 0.1) is 17.2 Å². The summed E-state index contributed by atoms with van der Waals surface area (Å²) in [4.78, 5) is 53.0. The number of carboxylic acid groups (broad SMARTS) is 1. The molecule has 0 aromatic carbocycles. The number of piperidine rings is 1. The normalized spacial score (nSPS) is 20.6. The van der Waals surface area contributed by atoms with E-state index in [1.807, 2.05) is 0 Å². The second-order valence-electron chi connectivity index (χ2n) is 10.3. The molecule has 3 rings (SSSR count). The van der Waals surface area contributed by atoms with Gasteiger partial charge in [-0.1, -0.05) is 19.3 Å². The molecule has 4 amide bonds. The summed E-state index contributed by atoms with van der Waals surface area (Å²) in [5, 5.41) is 25.2. The molecule has 210 valence electrons. The Morgan fingerprint density at radius 2 is 1.62 bits per heavy atom. The number of halogens is 1. The zero-order chi connectivity index (χ0) is 26.1. The Labute approximate surface area is 224 Å². The van der Waals surface area contributed by atoms with Gasteiger partial charge in [0.05, 0.1) is 6.42 Å². The Morgan fingerprint density at radius 1 is 0.973 bits per heavy atom. The Balaban J connectivity index is 0.00000481. The third kappa shape index (κ3) is 10.3. The second-order valence-corrected chi connectivity index (χ2v) is 10.3. The highest BCUT2D eigenvalue weighted by molar-refractivity contribution is 5.93. The second kappa shape index (κ2) is 14.8. The van der Waals surface area contributed by atoms with Gasteiger partial charge in [0.1, 0.15) is 12.6 Å². The van der Waals surface area contributed by atoms with Gasteiger partial charge >= 0.3 is 12.0 Å². The van der Waals surface area contributed by atoms with Crippen molar-refractivity contribution >= 4 is 42.2 Å². The van der Waals surface area contributed by atoms with E-state index >= 15 is 0 Å². The molecule has 0 radical (unpaired) electrons. The van der Waals surface area contributed by atoms with Crippen molar-refractivity contribution in [3.63, 3.8) is 0 Å². The van der Waals surface area contributed by atoms with Crippen molar-refractivity contribution in [3.8, 4) is 0 Å². The van der Waals surface area contributed by atoms with Crippen LogP contribution in [0.1, 0.15) is 64.2 Å². The minimum Gasteiger partial charge on any atom is -0.480 e. The summed E-state index contributed by atoms with van der Waals surface area (Å²) < 4.78 is 0. The highest BCUT2D eigenvalue weighted by atomic mass is 35.5. The van der Waals surface area contributed by atoms with E-state index in [0.29, 0.717) is 38.4 Å². The van der Waals surface area contributed by atoms with Gasteiger partial charge in [0.15, 0.2) is 5.96 Å². The van der Waals surface area contributed by atoms with Crippen molar-refractivity contribution in [2.45, 2.75) is 76.3 Å². The number of nitrogens with two attached hydrogens (primary N) is 1. The zero-order valence-corrected chi connectivity index (χ0v) is 22.2. The highest BCUT2D eigenvalue weighted by Gasteiger charge is 2.38. The number of nitrogens with zero attached hydrogens (tertiary/aromatic N) is 2. The van der Waals surface area contributed by atoms with Crippen LogP contribution >= 0.6 is 12.4 Å². The summed E-state index contributed by atoms with van der Waals surface area (Å²) in [6, 6.07) is -1.86. The molecule has 1 aliphatic heterocycles. The van der Waals surface area contributed by atoms with Gasteiger partial charge in [-0.3, -0.25) is 19.8 Å². The summed E-state index contributed by atoms with van der Waals surface area (Å²) in [5.41, 5.74) is 5.59. The van der Waals surface area contributed by atoms with E-state index in [2.05, 4.69) is 16.0 Å². The van der Waals surface area contributed by atoms with Gasteiger partial charge in [-0.05, 0) is 50.4 Å². The molecule has 37 heavy (non-hydrogen) atoms. The Hall–Kier alpha value is -2.76. The standard InChI is InChI=1S/C24H41N7O5.ClH/c25-23(26)30-10-4-7-17(14-30)13-27-20(32)11-19(22(35)31(15-21(33)34)18-8-9-18)29-24(36)28-12-16-5-2-1-3-6-16;/h16-19H,1-15H2,(H3,25,26)(H,27,32)(H,33,34)(H2,28,29,36);1H/t17-,19-;/m0./s1. The number of amides is 4. The lowest BCUT2D eigenvalue weighted by Crippen LogP contribution is -2.55. The molecule has 2 saturated carbocycles. The topological polar surface area (TPSA) is 181 Å². The number of rotatable bonds is 11. The molecule has 3 fully saturated rings. The molecule has 3 aliphatic rings. The first-order valence-electron chi connectivity index (χ1n) is 13.1. The minimum atomic E-state index is -1.16. The number of likely N-dealkylation sites (tertiary alicyclic amines) is 1. The number of aliphatic carboxylic acids is 1. The minimum absolute atomic E-state index is 0. The van der Waals surface area contributed by atoms with Gasteiger partial charge in [-0.25, -0.2) is 4.79 Å². The number of guanidine groups is 1. The first-order valence-corrected chi connectivity index (χ1v) is 13.1. The summed E-state index contributed by atoms with van der Waals surface area (Å²) in [6.07, 6.45) is 8.52. The van der Waals surface area contributed by atoms with Crippen LogP contribution in [0.3, 0.4) is 0 Å². The first-order chi connectivity index (χ1) is 17.2. The summed E-state index contributed by atoms with van der Waals surface area (Å²) >= 11 is 0. The quantitative estimate of drug-likeness (QED) is 0.165. The fourth-order valence-electron chi connectivity index (χ4n) is 5.12. The number of hydrogen-bond donors (Lipinski definition) is 6. The molecule has 0 aromatic rings. The van der Waals surface area contributed by atoms with Crippen LogP contribution in [0.15, 0.2) is 0 Å². The molecule has 2 atom stereocenters. The maximum absolute atomic E-state index is 13.3. The Bertz CT molecular complexity index is 819. The SMILES string of the molecule is Cl.N=C(N)N1CCC[C@@H](CNC(=O)C[C@H](NC(=O)NCC2CCCCC2)C(=O)N(CC(=O)O)C2CC2)C1. The van der Waals surface area contributed by atoms with E-state index in [4.69, 9.17) is 11.1 Å². The number of nitrogens with one attached hydrogen (secondary N) is 4. The van der Waals surface area contributed by atoms with E-state index in [-0.39, 0.29) is 36.7 Å². The summed E-state index contributed by atoms with van der Waals surface area (Å²) in [5.74, 6) is -1.54. The van der Waals surface area contributed by atoms with Crippen molar-refractivity contribution in [1.29, 1.82) is 5.41 Å². The predicted octanol–water partition coefficient (Wildman–Crippen LogP) is 0.844. The van der Waals surface area contributed by atoms with Crippen molar-refractivity contribution in [2.75, 3.05) is 32.7 Å². The monoisotopic (exact) mass is 543 g/mol. The lowest BCUT2D eigenvalue weighted by molar-refractivity contribution is -0.146. The van der Waals surface area contributed by atoms with Crippen LogP contribution in [0.2, 0.25) is 0 Å². The van der Waals surface area contributed by atoms with Crippen LogP contribution in [-0.2, 0) is 14.4 Å². The van der Waals surface area contributed by atoms with Crippen molar-refractivity contribution in [2.24, 2.45) is 17.6 Å². The first kappa shape index (κ1) is 30.5. The summed E-state index contributed by atoms with van der Waals surface area (Å²) in [6.45, 7) is 1.72. The fraction of sp³-hybridized carbons (Fsp3) is 0.792. The smallest absolute Gasteiger partial charge is 0.323 e.